The molecule has 7 nitrogen and oxygen atoms in total. The van der Waals surface area contributed by atoms with Gasteiger partial charge < -0.3 is 16.2 Å². The highest BCUT2D eigenvalue weighted by Crippen LogP contribution is 2.20. The Hall–Kier alpha value is -2.15. The predicted octanol–water partition coefficient (Wildman–Crippen LogP) is 0.496. The molecule has 0 aliphatic rings. The van der Waals surface area contributed by atoms with E-state index < -0.39 is 0 Å². The Morgan fingerprint density at radius 1 is 1.45 bits per heavy atom. The Kier molecular flexibility index (Phi) is 4.19. The minimum atomic E-state index is -0.148. The maximum atomic E-state index is 12.2. The van der Waals surface area contributed by atoms with Gasteiger partial charge in [0.1, 0.15) is 17.0 Å². The molecule has 0 fully saturated rings. The number of nitrogens with one attached hydrogen (secondary N) is 1. The maximum absolute atomic E-state index is 12.2. The van der Waals surface area contributed by atoms with E-state index in [-0.39, 0.29) is 12.2 Å². The SMILES string of the molecule is CCCn1c(=O)c(C)nc2c(N)cc(NCCO)nc21. The van der Waals surface area contributed by atoms with Crippen molar-refractivity contribution >= 4 is 22.7 Å². The van der Waals surface area contributed by atoms with E-state index in [0.717, 1.165) is 6.42 Å². The van der Waals surface area contributed by atoms with Crippen molar-refractivity contribution in [2.75, 3.05) is 24.2 Å². The van der Waals surface area contributed by atoms with Crippen LogP contribution in [0.3, 0.4) is 0 Å². The minimum absolute atomic E-state index is 0.00641. The number of nitrogen functional groups attached to an aromatic ring is 1. The molecule has 0 bridgehead atoms. The van der Waals surface area contributed by atoms with Crippen molar-refractivity contribution in [2.45, 2.75) is 26.8 Å². The van der Waals surface area contributed by atoms with Crippen molar-refractivity contribution in [3.63, 3.8) is 0 Å². The summed E-state index contributed by atoms with van der Waals surface area (Å²) in [4.78, 5) is 20.8. The number of pyridine rings is 1. The first kappa shape index (κ1) is 14.3. The van der Waals surface area contributed by atoms with Crippen LogP contribution < -0.4 is 16.6 Å². The molecule has 0 spiro atoms. The smallest absolute Gasteiger partial charge is 0.273 e. The van der Waals surface area contributed by atoms with Crippen molar-refractivity contribution in [2.24, 2.45) is 0 Å². The Morgan fingerprint density at radius 2 is 2.20 bits per heavy atom. The van der Waals surface area contributed by atoms with Crippen LogP contribution in [0.5, 0.6) is 0 Å². The second-order valence-corrected chi connectivity index (χ2v) is 4.57. The van der Waals surface area contributed by atoms with Gasteiger partial charge in [-0.25, -0.2) is 9.97 Å². The Balaban J connectivity index is 2.68. The molecule has 0 unspecified atom stereocenters. The molecule has 0 aliphatic heterocycles. The third-order valence-corrected chi connectivity index (χ3v) is 2.96. The highest BCUT2D eigenvalue weighted by molar-refractivity contribution is 5.86. The molecule has 2 aromatic heterocycles. The zero-order valence-corrected chi connectivity index (χ0v) is 11.7. The molecular formula is C13H19N5O2. The number of hydrogen-bond donors (Lipinski definition) is 3. The highest BCUT2D eigenvalue weighted by atomic mass is 16.3. The van der Waals surface area contributed by atoms with Crippen LogP contribution in [0, 0.1) is 6.92 Å². The zero-order valence-electron chi connectivity index (χ0n) is 11.7. The van der Waals surface area contributed by atoms with E-state index in [1.165, 1.54) is 0 Å². The standard InChI is InChI=1S/C13H19N5O2/c1-3-5-18-12-11(16-8(2)13(18)20)9(14)7-10(17-12)15-4-6-19/h7,19H,3-6H2,1-2H3,(H3,14,15,17). The van der Waals surface area contributed by atoms with E-state index in [4.69, 9.17) is 10.8 Å². The van der Waals surface area contributed by atoms with Crippen LogP contribution in [0.4, 0.5) is 11.5 Å². The second kappa shape index (κ2) is 5.87. The molecule has 2 rings (SSSR count). The largest absolute Gasteiger partial charge is 0.397 e. The van der Waals surface area contributed by atoms with Crippen molar-refractivity contribution < 1.29 is 5.11 Å². The number of anilines is 2. The average molecular weight is 277 g/mol. The molecule has 108 valence electrons. The number of nitrogens with zero attached hydrogens (tertiary/aromatic N) is 3. The first-order chi connectivity index (χ1) is 9.58. The number of aliphatic hydroxyl groups is 1. The first-order valence-corrected chi connectivity index (χ1v) is 6.60. The van der Waals surface area contributed by atoms with Gasteiger partial charge in [-0.15, -0.1) is 0 Å². The lowest BCUT2D eigenvalue weighted by molar-refractivity contribution is 0.311. The summed E-state index contributed by atoms with van der Waals surface area (Å²) >= 11 is 0. The van der Waals surface area contributed by atoms with E-state index in [1.807, 2.05) is 6.92 Å². The quantitative estimate of drug-likeness (QED) is 0.734. The van der Waals surface area contributed by atoms with Crippen LogP contribution in [-0.2, 0) is 6.54 Å². The lowest BCUT2D eigenvalue weighted by atomic mass is 10.3. The molecule has 0 radical (unpaired) electrons. The number of rotatable bonds is 5. The molecule has 4 N–H and O–H groups in total. The van der Waals surface area contributed by atoms with Gasteiger partial charge in [0.15, 0.2) is 5.65 Å². The van der Waals surface area contributed by atoms with Crippen LogP contribution >= 0.6 is 0 Å². The van der Waals surface area contributed by atoms with Gasteiger partial charge in [0, 0.05) is 19.2 Å². The van der Waals surface area contributed by atoms with E-state index in [1.54, 1.807) is 17.6 Å². The zero-order chi connectivity index (χ0) is 14.7. The lowest BCUT2D eigenvalue weighted by Gasteiger charge is -2.12. The van der Waals surface area contributed by atoms with Gasteiger partial charge >= 0.3 is 0 Å². The van der Waals surface area contributed by atoms with Gasteiger partial charge in [0.05, 0.1) is 12.3 Å². The monoisotopic (exact) mass is 277 g/mol. The van der Waals surface area contributed by atoms with Crippen LogP contribution in [0.25, 0.3) is 11.2 Å². The summed E-state index contributed by atoms with van der Waals surface area (Å²) < 4.78 is 1.60. The fraction of sp³-hybridized carbons (Fsp3) is 0.462. The summed E-state index contributed by atoms with van der Waals surface area (Å²) in [5.41, 5.74) is 7.73. The lowest BCUT2D eigenvalue weighted by Crippen LogP contribution is -2.25. The third kappa shape index (κ3) is 2.57. The third-order valence-electron chi connectivity index (χ3n) is 2.96. The molecule has 0 atom stereocenters. The van der Waals surface area contributed by atoms with E-state index in [0.29, 0.717) is 41.5 Å². The summed E-state index contributed by atoms with van der Waals surface area (Å²) in [6.07, 6.45) is 0.814. The molecule has 0 saturated carbocycles. The summed E-state index contributed by atoms with van der Waals surface area (Å²) in [5, 5.41) is 11.8. The van der Waals surface area contributed by atoms with E-state index >= 15 is 0 Å². The number of aromatic nitrogens is 3. The van der Waals surface area contributed by atoms with Crippen LogP contribution in [0.1, 0.15) is 19.0 Å². The Labute approximate surface area is 116 Å². The highest BCUT2D eigenvalue weighted by Gasteiger charge is 2.12. The topological polar surface area (TPSA) is 106 Å². The van der Waals surface area contributed by atoms with Crippen molar-refractivity contribution in [1.29, 1.82) is 0 Å². The number of nitrogens with two attached hydrogens (primary N) is 1. The average Bonchev–Trinajstić information content (AvgIpc) is 2.43. The molecule has 2 heterocycles. The molecule has 2 aromatic rings. The minimum Gasteiger partial charge on any atom is -0.397 e. The fourth-order valence-corrected chi connectivity index (χ4v) is 2.06. The first-order valence-electron chi connectivity index (χ1n) is 6.60. The predicted molar refractivity (Wildman–Crippen MR) is 78.8 cm³/mol. The molecule has 0 amide bonds. The molecule has 0 aromatic carbocycles. The Bertz CT molecular complexity index is 680. The fourth-order valence-electron chi connectivity index (χ4n) is 2.06. The van der Waals surface area contributed by atoms with Crippen LogP contribution in [-0.4, -0.2) is 32.8 Å². The van der Waals surface area contributed by atoms with E-state index in [2.05, 4.69) is 15.3 Å². The number of fused-ring (bicyclic) bond motifs is 1. The molecule has 20 heavy (non-hydrogen) atoms. The van der Waals surface area contributed by atoms with Crippen LogP contribution in [0.15, 0.2) is 10.9 Å². The van der Waals surface area contributed by atoms with Gasteiger partial charge in [-0.05, 0) is 13.3 Å². The molecule has 0 saturated heterocycles. The normalized spacial score (nSPS) is 10.9. The van der Waals surface area contributed by atoms with Crippen molar-refractivity contribution in [1.82, 2.24) is 14.5 Å². The number of hydrogen-bond acceptors (Lipinski definition) is 6. The van der Waals surface area contributed by atoms with E-state index in [9.17, 15) is 4.79 Å². The summed E-state index contributed by atoms with van der Waals surface area (Å²) in [6.45, 7) is 4.59. The van der Waals surface area contributed by atoms with Gasteiger partial charge in [0.25, 0.3) is 5.56 Å². The molecular weight excluding hydrogens is 258 g/mol. The second-order valence-electron chi connectivity index (χ2n) is 4.57. The molecule has 0 aliphatic carbocycles. The van der Waals surface area contributed by atoms with Crippen molar-refractivity contribution in [3.8, 4) is 0 Å². The van der Waals surface area contributed by atoms with Crippen molar-refractivity contribution in [3.05, 3.63) is 22.1 Å². The van der Waals surface area contributed by atoms with Gasteiger partial charge in [-0.2, -0.15) is 0 Å². The molecule has 7 heteroatoms. The summed E-state index contributed by atoms with van der Waals surface area (Å²) in [6, 6.07) is 1.66. The number of aryl methyl sites for hydroxylation is 2. The summed E-state index contributed by atoms with van der Waals surface area (Å²) in [7, 11) is 0. The van der Waals surface area contributed by atoms with Gasteiger partial charge in [-0.3, -0.25) is 9.36 Å². The summed E-state index contributed by atoms with van der Waals surface area (Å²) in [5.74, 6) is 0.527. The maximum Gasteiger partial charge on any atom is 0.273 e. The van der Waals surface area contributed by atoms with Gasteiger partial charge in [-0.1, -0.05) is 6.92 Å². The Morgan fingerprint density at radius 3 is 2.85 bits per heavy atom. The number of aliphatic hydroxyl groups excluding tert-OH is 1. The van der Waals surface area contributed by atoms with Gasteiger partial charge in [0.2, 0.25) is 0 Å². The van der Waals surface area contributed by atoms with Crippen LogP contribution in [0.2, 0.25) is 0 Å².